The highest BCUT2D eigenvalue weighted by Crippen LogP contribution is 2.38. The lowest BCUT2D eigenvalue weighted by molar-refractivity contribution is 1.21. The minimum Gasteiger partial charge on any atom is -0.305 e. The van der Waals surface area contributed by atoms with Crippen LogP contribution in [0.3, 0.4) is 0 Å². The standard InChI is InChI=1S/C14H11BrN2OS/c1-8-7-10(15)13(12-11(8)16-14(18)17-12)19-9-5-3-2-4-6-9/h2-7H,1H3,(H2,16,17,18). The molecule has 5 heteroatoms. The van der Waals surface area contributed by atoms with Crippen LogP contribution < -0.4 is 5.69 Å². The van der Waals surface area contributed by atoms with Gasteiger partial charge < -0.3 is 9.97 Å². The summed E-state index contributed by atoms with van der Waals surface area (Å²) in [6, 6.07) is 12.1. The van der Waals surface area contributed by atoms with Gasteiger partial charge in [-0.05, 0) is 46.6 Å². The summed E-state index contributed by atoms with van der Waals surface area (Å²) in [7, 11) is 0. The second-order valence-corrected chi connectivity index (χ2v) is 6.19. The highest BCUT2D eigenvalue weighted by Gasteiger charge is 2.12. The molecule has 0 atom stereocenters. The Morgan fingerprint density at radius 2 is 1.79 bits per heavy atom. The van der Waals surface area contributed by atoms with E-state index in [0.717, 1.165) is 30.9 Å². The summed E-state index contributed by atoms with van der Waals surface area (Å²) < 4.78 is 0.988. The van der Waals surface area contributed by atoms with E-state index in [1.165, 1.54) is 0 Å². The maximum atomic E-state index is 11.5. The average Bonchev–Trinajstić information content (AvgIpc) is 2.78. The van der Waals surface area contributed by atoms with Gasteiger partial charge in [0, 0.05) is 9.37 Å². The number of nitrogens with one attached hydrogen (secondary N) is 2. The molecule has 0 saturated carbocycles. The maximum absolute atomic E-state index is 11.5. The number of halogens is 1. The molecular formula is C14H11BrN2OS. The van der Waals surface area contributed by atoms with E-state index in [0.29, 0.717) is 0 Å². The third-order valence-electron chi connectivity index (χ3n) is 2.87. The van der Waals surface area contributed by atoms with Crippen molar-refractivity contribution in [3.63, 3.8) is 0 Å². The van der Waals surface area contributed by atoms with Crippen LogP contribution in [0.4, 0.5) is 0 Å². The van der Waals surface area contributed by atoms with E-state index < -0.39 is 0 Å². The zero-order chi connectivity index (χ0) is 13.4. The molecular weight excluding hydrogens is 324 g/mol. The number of aromatic amines is 2. The van der Waals surface area contributed by atoms with Crippen molar-refractivity contribution in [1.29, 1.82) is 0 Å². The van der Waals surface area contributed by atoms with Crippen LogP contribution in [0.1, 0.15) is 5.56 Å². The number of aryl methyl sites for hydroxylation is 1. The van der Waals surface area contributed by atoms with Crippen LogP contribution in [-0.4, -0.2) is 9.97 Å². The maximum Gasteiger partial charge on any atom is 0.323 e. The van der Waals surface area contributed by atoms with Crippen molar-refractivity contribution in [2.24, 2.45) is 0 Å². The van der Waals surface area contributed by atoms with Gasteiger partial charge in [0.1, 0.15) is 0 Å². The average molecular weight is 335 g/mol. The van der Waals surface area contributed by atoms with Gasteiger partial charge in [-0.15, -0.1) is 0 Å². The second-order valence-electron chi connectivity index (χ2n) is 4.25. The molecule has 0 fully saturated rings. The van der Waals surface area contributed by atoms with E-state index in [4.69, 9.17) is 0 Å². The van der Waals surface area contributed by atoms with Gasteiger partial charge in [-0.25, -0.2) is 4.79 Å². The van der Waals surface area contributed by atoms with Crippen molar-refractivity contribution in [1.82, 2.24) is 9.97 Å². The molecule has 0 spiro atoms. The van der Waals surface area contributed by atoms with Crippen LogP contribution in [0.25, 0.3) is 11.0 Å². The van der Waals surface area contributed by atoms with E-state index in [1.54, 1.807) is 11.8 Å². The van der Waals surface area contributed by atoms with Crippen molar-refractivity contribution in [3.8, 4) is 0 Å². The molecule has 0 aliphatic heterocycles. The Morgan fingerprint density at radius 3 is 2.53 bits per heavy atom. The fourth-order valence-electron chi connectivity index (χ4n) is 2.00. The molecule has 0 amide bonds. The molecule has 0 saturated heterocycles. The van der Waals surface area contributed by atoms with E-state index in [2.05, 4.69) is 25.9 Å². The van der Waals surface area contributed by atoms with Crippen molar-refractivity contribution in [2.45, 2.75) is 16.7 Å². The number of hydrogen-bond donors (Lipinski definition) is 2. The number of rotatable bonds is 2. The Labute approximate surface area is 122 Å². The van der Waals surface area contributed by atoms with Gasteiger partial charge in [-0.2, -0.15) is 0 Å². The quantitative estimate of drug-likeness (QED) is 0.741. The smallest absolute Gasteiger partial charge is 0.305 e. The van der Waals surface area contributed by atoms with Crippen molar-refractivity contribution < 1.29 is 0 Å². The summed E-state index contributed by atoms with van der Waals surface area (Å²) >= 11 is 5.21. The molecule has 96 valence electrons. The number of hydrogen-bond acceptors (Lipinski definition) is 2. The number of aromatic nitrogens is 2. The Balaban J connectivity index is 2.20. The first-order chi connectivity index (χ1) is 9.15. The lowest BCUT2D eigenvalue weighted by Crippen LogP contribution is -1.99. The van der Waals surface area contributed by atoms with E-state index in [9.17, 15) is 4.79 Å². The Kier molecular flexibility index (Phi) is 3.24. The van der Waals surface area contributed by atoms with Crippen LogP contribution in [0.15, 0.2) is 55.5 Å². The van der Waals surface area contributed by atoms with Gasteiger partial charge in [0.2, 0.25) is 0 Å². The summed E-state index contributed by atoms with van der Waals surface area (Å²) in [5.74, 6) is 0. The molecule has 3 nitrogen and oxygen atoms in total. The molecule has 0 radical (unpaired) electrons. The zero-order valence-electron chi connectivity index (χ0n) is 10.2. The molecule has 3 aromatic rings. The molecule has 3 rings (SSSR count). The zero-order valence-corrected chi connectivity index (χ0v) is 12.6. The summed E-state index contributed by atoms with van der Waals surface area (Å²) in [5, 5.41) is 0. The third kappa shape index (κ3) is 2.35. The topological polar surface area (TPSA) is 48.6 Å². The summed E-state index contributed by atoms with van der Waals surface area (Å²) in [6.45, 7) is 1.98. The van der Waals surface area contributed by atoms with E-state index in [-0.39, 0.29) is 5.69 Å². The highest BCUT2D eigenvalue weighted by molar-refractivity contribution is 9.10. The summed E-state index contributed by atoms with van der Waals surface area (Å²) in [4.78, 5) is 19.4. The minimum atomic E-state index is -0.175. The molecule has 19 heavy (non-hydrogen) atoms. The first-order valence-corrected chi connectivity index (χ1v) is 7.40. The minimum absolute atomic E-state index is 0.175. The third-order valence-corrected chi connectivity index (χ3v) is 4.90. The first kappa shape index (κ1) is 12.6. The van der Waals surface area contributed by atoms with Crippen LogP contribution in [0.5, 0.6) is 0 Å². The first-order valence-electron chi connectivity index (χ1n) is 5.79. The summed E-state index contributed by atoms with van der Waals surface area (Å²) in [5.41, 5.74) is 2.58. The van der Waals surface area contributed by atoms with Crippen LogP contribution in [0, 0.1) is 6.92 Å². The molecule has 1 aromatic heterocycles. The largest absolute Gasteiger partial charge is 0.323 e. The highest BCUT2D eigenvalue weighted by atomic mass is 79.9. The fourth-order valence-corrected chi connectivity index (χ4v) is 3.73. The molecule has 1 heterocycles. The lowest BCUT2D eigenvalue weighted by atomic mass is 10.2. The number of fused-ring (bicyclic) bond motifs is 1. The van der Waals surface area contributed by atoms with Crippen molar-refractivity contribution >= 4 is 38.7 Å². The normalized spacial score (nSPS) is 11.1. The Hall–Kier alpha value is -1.46. The molecule has 2 N–H and O–H groups in total. The summed E-state index contributed by atoms with van der Waals surface area (Å²) in [6.07, 6.45) is 0. The van der Waals surface area contributed by atoms with Gasteiger partial charge in [0.25, 0.3) is 0 Å². The molecule has 0 unspecified atom stereocenters. The number of H-pyrrole nitrogens is 2. The predicted molar refractivity (Wildman–Crippen MR) is 81.9 cm³/mol. The second kappa shape index (κ2) is 4.90. The van der Waals surface area contributed by atoms with Gasteiger partial charge in [-0.1, -0.05) is 30.0 Å². The van der Waals surface area contributed by atoms with E-state index in [1.807, 2.05) is 43.3 Å². The van der Waals surface area contributed by atoms with Crippen molar-refractivity contribution in [2.75, 3.05) is 0 Å². The molecule has 0 bridgehead atoms. The SMILES string of the molecule is Cc1cc(Br)c(Sc2ccccc2)c2[nH]c(=O)[nH]c12. The Bertz CT molecular complexity index is 792. The molecule has 0 aliphatic carbocycles. The Morgan fingerprint density at radius 1 is 1.11 bits per heavy atom. The van der Waals surface area contributed by atoms with Crippen LogP contribution >= 0.6 is 27.7 Å². The molecule has 2 aromatic carbocycles. The predicted octanol–water partition coefficient (Wildman–Crippen LogP) is 4.08. The van der Waals surface area contributed by atoms with Gasteiger partial charge >= 0.3 is 5.69 Å². The van der Waals surface area contributed by atoms with Gasteiger partial charge in [0.05, 0.1) is 15.9 Å². The van der Waals surface area contributed by atoms with Crippen LogP contribution in [-0.2, 0) is 0 Å². The number of imidazole rings is 1. The van der Waals surface area contributed by atoms with Gasteiger partial charge in [-0.3, -0.25) is 0 Å². The number of benzene rings is 2. The molecule has 0 aliphatic rings. The monoisotopic (exact) mass is 334 g/mol. The van der Waals surface area contributed by atoms with Crippen molar-refractivity contribution in [3.05, 3.63) is 56.9 Å². The van der Waals surface area contributed by atoms with Crippen LogP contribution in [0.2, 0.25) is 0 Å². The fraction of sp³-hybridized carbons (Fsp3) is 0.0714. The lowest BCUT2D eigenvalue weighted by Gasteiger charge is -2.07. The van der Waals surface area contributed by atoms with Gasteiger partial charge in [0.15, 0.2) is 0 Å². The van der Waals surface area contributed by atoms with E-state index >= 15 is 0 Å².